The summed E-state index contributed by atoms with van der Waals surface area (Å²) in [5.41, 5.74) is 4.84. The van der Waals surface area contributed by atoms with Crippen molar-refractivity contribution < 1.29 is 19.1 Å². The van der Waals surface area contributed by atoms with Gasteiger partial charge in [-0.25, -0.2) is 9.59 Å². The van der Waals surface area contributed by atoms with Gasteiger partial charge in [-0.05, 0) is 74.5 Å². The minimum atomic E-state index is -1.05. The Morgan fingerprint density at radius 3 is 1.79 bits per heavy atom. The molecule has 4 aromatic carbocycles. The highest BCUT2D eigenvalue weighted by Crippen LogP contribution is 2.32. The maximum absolute atomic E-state index is 12.2. The summed E-state index contributed by atoms with van der Waals surface area (Å²) < 4.78 is 12.5. The molecule has 0 saturated heterocycles. The lowest BCUT2D eigenvalue weighted by Crippen LogP contribution is -2.28. The van der Waals surface area contributed by atoms with E-state index < -0.39 is 18.0 Å². The number of fused-ring (bicyclic) bond motifs is 3. The number of aromatic nitrogens is 1. The van der Waals surface area contributed by atoms with Crippen molar-refractivity contribution in [2.75, 3.05) is 0 Å². The number of rotatable bonds is 7. The van der Waals surface area contributed by atoms with Gasteiger partial charge in [-0.15, -0.1) is 0 Å². The standard InChI is InChI=1S/C31H25N3O4/c1-20(2)30(35)37-21(3)31(36)38-25-18-14-23(15-19-25)33-32-22-12-16-24(17-13-22)34-28-10-6-4-8-26(28)27-9-5-7-11-29(27)34/h4-19,21H,1H2,2-3H3/t21-/m0/s1. The van der Waals surface area contributed by atoms with Crippen LogP contribution < -0.4 is 4.74 Å². The third-order valence-corrected chi connectivity index (χ3v) is 5.99. The quantitative estimate of drug-likeness (QED) is 0.0990. The van der Waals surface area contributed by atoms with Gasteiger partial charge in [-0.3, -0.25) is 0 Å². The van der Waals surface area contributed by atoms with Crippen LogP contribution in [0.15, 0.2) is 119 Å². The van der Waals surface area contributed by atoms with Crippen molar-refractivity contribution >= 4 is 45.1 Å². The smallest absolute Gasteiger partial charge is 0.352 e. The Hall–Kier alpha value is -5.04. The molecular weight excluding hydrogens is 478 g/mol. The lowest BCUT2D eigenvalue weighted by molar-refractivity contribution is -0.158. The molecule has 7 heteroatoms. The Bertz CT molecular complexity index is 1630. The fourth-order valence-electron chi connectivity index (χ4n) is 4.07. The van der Waals surface area contributed by atoms with Crippen LogP contribution in [0, 0.1) is 0 Å². The van der Waals surface area contributed by atoms with Crippen molar-refractivity contribution in [2.45, 2.75) is 20.0 Å². The predicted molar refractivity (Wildman–Crippen MR) is 147 cm³/mol. The van der Waals surface area contributed by atoms with Gasteiger partial charge in [0.05, 0.1) is 22.4 Å². The zero-order valence-corrected chi connectivity index (χ0v) is 21.0. The first-order chi connectivity index (χ1) is 18.4. The molecule has 0 N–H and O–H groups in total. The average Bonchev–Trinajstić information content (AvgIpc) is 3.27. The van der Waals surface area contributed by atoms with Crippen molar-refractivity contribution in [1.82, 2.24) is 4.57 Å². The number of benzene rings is 4. The van der Waals surface area contributed by atoms with Gasteiger partial charge in [-0.2, -0.15) is 10.2 Å². The first-order valence-electron chi connectivity index (χ1n) is 12.1. The highest BCUT2D eigenvalue weighted by Gasteiger charge is 2.20. The van der Waals surface area contributed by atoms with Gasteiger partial charge in [-0.1, -0.05) is 43.0 Å². The maximum Gasteiger partial charge on any atom is 0.352 e. The van der Waals surface area contributed by atoms with Crippen LogP contribution in [0.5, 0.6) is 5.75 Å². The van der Waals surface area contributed by atoms with Gasteiger partial charge in [0.2, 0.25) is 0 Å². The second-order valence-corrected chi connectivity index (χ2v) is 8.83. The monoisotopic (exact) mass is 503 g/mol. The lowest BCUT2D eigenvalue weighted by Gasteiger charge is -2.12. The maximum atomic E-state index is 12.2. The van der Waals surface area contributed by atoms with Crippen molar-refractivity contribution in [1.29, 1.82) is 0 Å². The van der Waals surface area contributed by atoms with Gasteiger partial charge in [0, 0.05) is 22.0 Å². The number of azo groups is 1. The van der Waals surface area contributed by atoms with Crippen LogP contribution in [0.1, 0.15) is 13.8 Å². The SMILES string of the molecule is C=C(C)C(=O)O[C@@H](C)C(=O)Oc1ccc(N=Nc2ccc(-n3c4ccccc4c4ccccc43)cc2)cc1. The molecule has 1 heterocycles. The number of ether oxygens (including phenoxy) is 2. The third-order valence-electron chi connectivity index (χ3n) is 5.99. The normalized spacial score (nSPS) is 12.1. The molecule has 7 nitrogen and oxygen atoms in total. The van der Waals surface area contributed by atoms with E-state index in [1.807, 2.05) is 36.4 Å². The molecule has 0 amide bonds. The molecule has 38 heavy (non-hydrogen) atoms. The topological polar surface area (TPSA) is 82.2 Å². The molecular formula is C31H25N3O4. The third kappa shape index (κ3) is 5.08. The van der Waals surface area contributed by atoms with Crippen LogP contribution in [-0.2, 0) is 14.3 Å². The van der Waals surface area contributed by atoms with E-state index in [4.69, 9.17) is 9.47 Å². The Morgan fingerprint density at radius 2 is 1.26 bits per heavy atom. The summed E-state index contributed by atoms with van der Waals surface area (Å²) in [6.07, 6.45) is -1.05. The van der Waals surface area contributed by atoms with Crippen molar-refractivity contribution in [2.24, 2.45) is 10.2 Å². The van der Waals surface area contributed by atoms with E-state index >= 15 is 0 Å². The van der Waals surface area contributed by atoms with Crippen LogP contribution in [-0.4, -0.2) is 22.6 Å². The molecule has 5 aromatic rings. The summed E-state index contributed by atoms with van der Waals surface area (Å²) in [6, 6.07) is 31.2. The van der Waals surface area contributed by atoms with Gasteiger partial charge >= 0.3 is 11.9 Å². The molecule has 0 aliphatic carbocycles. The predicted octanol–water partition coefficient (Wildman–Crippen LogP) is 7.61. The summed E-state index contributed by atoms with van der Waals surface area (Å²) in [5.74, 6) is -1.02. The lowest BCUT2D eigenvalue weighted by atomic mass is 10.2. The zero-order chi connectivity index (χ0) is 26.6. The Kier molecular flexibility index (Phi) is 6.82. The molecule has 0 fully saturated rings. The van der Waals surface area contributed by atoms with Crippen molar-refractivity contribution in [3.05, 3.63) is 109 Å². The van der Waals surface area contributed by atoms with Crippen LogP contribution >= 0.6 is 0 Å². The van der Waals surface area contributed by atoms with E-state index in [-0.39, 0.29) is 5.57 Å². The van der Waals surface area contributed by atoms with E-state index in [2.05, 4.69) is 57.8 Å². The summed E-state index contributed by atoms with van der Waals surface area (Å²) in [4.78, 5) is 23.7. The van der Waals surface area contributed by atoms with Gasteiger partial charge in [0.25, 0.3) is 0 Å². The largest absolute Gasteiger partial charge is 0.447 e. The number of nitrogens with zero attached hydrogens (tertiary/aromatic N) is 3. The summed E-state index contributed by atoms with van der Waals surface area (Å²) in [5, 5.41) is 11.0. The second-order valence-electron chi connectivity index (χ2n) is 8.83. The fraction of sp³-hybridized carbons (Fsp3) is 0.0968. The van der Waals surface area contributed by atoms with E-state index in [0.29, 0.717) is 17.1 Å². The highest BCUT2D eigenvalue weighted by molar-refractivity contribution is 6.09. The number of carbonyl (C=O) groups is 2. The zero-order valence-electron chi connectivity index (χ0n) is 21.0. The van der Waals surface area contributed by atoms with Crippen molar-refractivity contribution in [3.63, 3.8) is 0 Å². The summed E-state index contributed by atoms with van der Waals surface area (Å²) in [6.45, 7) is 6.44. The van der Waals surface area contributed by atoms with Crippen LogP contribution in [0.25, 0.3) is 27.5 Å². The summed E-state index contributed by atoms with van der Waals surface area (Å²) in [7, 11) is 0. The van der Waals surface area contributed by atoms with Crippen molar-refractivity contribution in [3.8, 4) is 11.4 Å². The van der Waals surface area contributed by atoms with E-state index in [0.717, 1.165) is 16.7 Å². The minimum Gasteiger partial charge on any atom is -0.447 e. The Labute approximate surface area is 219 Å². The van der Waals surface area contributed by atoms with Gasteiger partial charge < -0.3 is 14.0 Å². The average molecular weight is 504 g/mol. The number of carbonyl (C=O) groups excluding carboxylic acids is 2. The Morgan fingerprint density at radius 1 is 0.763 bits per heavy atom. The van der Waals surface area contributed by atoms with Gasteiger partial charge in [0.15, 0.2) is 6.10 Å². The molecule has 1 aromatic heterocycles. The molecule has 188 valence electrons. The first-order valence-corrected chi connectivity index (χ1v) is 12.1. The molecule has 0 spiro atoms. The van der Waals surface area contributed by atoms with Crippen LogP contribution in [0.2, 0.25) is 0 Å². The van der Waals surface area contributed by atoms with E-state index in [9.17, 15) is 9.59 Å². The van der Waals surface area contributed by atoms with Crippen LogP contribution in [0.4, 0.5) is 11.4 Å². The first kappa shape index (κ1) is 24.6. The highest BCUT2D eigenvalue weighted by atomic mass is 16.6. The number of hydrogen-bond acceptors (Lipinski definition) is 6. The fourth-order valence-corrected chi connectivity index (χ4v) is 4.07. The molecule has 0 bridgehead atoms. The molecule has 0 aliphatic heterocycles. The number of esters is 2. The molecule has 5 rings (SSSR count). The van der Waals surface area contributed by atoms with Gasteiger partial charge in [0.1, 0.15) is 5.75 Å². The Balaban J connectivity index is 1.28. The molecule has 1 atom stereocenters. The van der Waals surface area contributed by atoms with E-state index in [1.165, 1.54) is 24.6 Å². The molecule has 0 radical (unpaired) electrons. The molecule has 0 aliphatic rings. The van der Waals surface area contributed by atoms with E-state index in [1.54, 1.807) is 24.3 Å². The van der Waals surface area contributed by atoms with Crippen LogP contribution in [0.3, 0.4) is 0 Å². The molecule has 0 unspecified atom stereocenters. The number of para-hydroxylation sites is 2. The molecule has 0 saturated carbocycles. The summed E-state index contributed by atoms with van der Waals surface area (Å²) >= 11 is 0. The minimum absolute atomic E-state index is 0.209. The number of hydrogen-bond donors (Lipinski definition) is 0. The second kappa shape index (κ2) is 10.5.